The summed E-state index contributed by atoms with van der Waals surface area (Å²) in [6, 6.07) is 15.0. The number of hydrogen-bond acceptors (Lipinski definition) is 1. The fraction of sp³-hybridized carbons (Fsp3) is 0.368. The van der Waals surface area contributed by atoms with Crippen LogP contribution in [0.5, 0.6) is 5.75 Å². The summed E-state index contributed by atoms with van der Waals surface area (Å²) in [6.45, 7) is 0.921. The Bertz CT molecular complexity index is 586. The fourth-order valence-corrected chi connectivity index (χ4v) is 2.35. The molecule has 0 unspecified atom stereocenters. The molecule has 0 aromatic heterocycles. The quantitative estimate of drug-likeness (QED) is 0.566. The van der Waals surface area contributed by atoms with Crippen LogP contribution in [0.15, 0.2) is 48.5 Å². The summed E-state index contributed by atoms with van der Waals surface area (Å²) in [5.74, 6) is 0.224. The number of unbranched alkanes of at least 4 members (excludes halogenated alkanes) is 2. The first-order valence-electron chi connectivity index (χ1n) is 7.87. The lowest BCUT2D eigenvalue weighted by Gasteiger charge is -2.10. The zero-order valence-corrected chi connectivity index (χ0v) is 13.2. The maximum Gasteiger partial charge on any atom is 0.422 e. The molecule has 0 radical (unpaired) electrons. The van der Waals surface area contributed by atoms with Crippen molar-refractivity contribution in [1.29, 1.82) is 0 Å². The van der Waals surface area contributed by atoms with Crippen LogP contribution in [0.4, 0.5) is 13.2 Å². The third kappa shape index (κ3) is 5.97. The van der Waals surface area contributed by atoms with E-state index in [9.17, 15) is 13.2 Å². The third-order valence-electron chi connectivity index (χ3n) is 3.61. The zero-order chi connectivity index (χ0) is 16.7. The molecule has 0 heterocycles. The van der Waals surface area contributed by atoms with Crippen molar-refractivity contribution in [2.24, 2.45) is 0 Å². The molecule has 2 rings (SSSR count). The summed E-state index contributed by atoms with van der Waals surface area (Å²) in [5, 5.41) is 0. The van der Waals surface area contributed by atoms with E-state index in [1.54, 1.807) is 24.3 Å². The second kappa shape index (κ2) is 8.04. The van der Waals surface area contributed by atoms with Gasteiger partial charge >= 0.3 is 6.18 Å². The van der Waals surface area contributed by atoms with Gasteiger partial charge in [-0.3, -0.25) is 0 Å². The van der Waals surface area contributed by atoms with Crippen LogP contribution in [0.1, 0.15) is 31.7 Å². The van der Waals surface area contributed by atoms with E-state index in [0.717, 1.165) is 17.5 Å². The number of alkyl halides is 3. The third-order valence-corrected chi connectivity index (χ3v) is 3.61. The van der Waals surface area contributed by atoms with Crippen molar-refractivity contribution in [3.05, 3.63) is 54.1 Å². The van der Waals surface area contributed by atoms with Crippen molar-refractivity contribution >= 4 is 0 Å². The van der Waals surface area contributed by atoms with Gasteiger partial charge in [0.15, 0.2) is 6.61 Å². The van der Waals surface area contributed by atoms with E-state index in [4.69, 9.17) is 4.74 Å². The van der Waals surface area contributed by atoms with E-state index in [1.807, 2.05) is 12.1 Å². The Balaban J connectivity index is 1.96. The number of ether oxygens (including phenoxy) is 1. The van der Waals surface area contributed by atoms with E-state index in [0.29, 0.717) is 0 Å². The van der Waals surface area contributed by atoms with Gasteiger partial charge in [0.05, 0.1) is 0 Å². The van der Waals surface area contributed by atoms with E-state index in [1.165, 1.54) is 24.8 Å². The summed E-state index contributed by atoms with van der Waals surface area (Å²) in [6.07, 6.45) is 0.410. The summed E-state index contributed by atoms with van der Waals surface area (Å²) in [5.41, 5.74) is 3.32. The van der Waals surface area contributed by atoms with Crippen molar-refractivity contribution in [1.82, 2.24) is 0 Å². The average Bonchev–Trinajstić information content (AvgIpc) is 2.54. The standard InChI is InChI=1S/C19H21F3O/c1-2-3-4-5-15-6-8-16(9-7-15)17-10-12-18(13-11-17)23-14-19(20,21)22/h6-13H,2-5,14H2,1H3. The maximum atomic E-state index is 12.1. The Labute approximate surface area is 135 Å². The lowest BCUT2D eigenvalue weighted by molar-refractivity contribution is -0.153. The zero-order valence-electron chi connectivity index (χ0n) is 13.2. The molecule has 1 nitrogen and oxygen atoms in total. The minimum absolute atomic E-state index is 0.224. The molecule has 2 aromatic rings. The van der Waals surface area contributed by atoms with Gasteiger partial charge in [-0.05, 0) is 41.7 Å². The van der Waals surface area contributed by atoms with Crippen LogP contribution in [0.25, 0.3) is 11.1 Å². The van der Waals surface area contributed by atoms with Crippen LogP contribution < -0.4 is 4.74 Å². The van der Waals surface area contributed by atoms with Gasteiger partial charge in [0, 0.05) is 0 Å². The Morgan fingerprint density at radius 3 is 1.91 bits per heavy atom. The molecule has 0 aliphatic heterocycles. The van der Waals surface area contributed by atoms with Crippen LogP contribution in [-0.2, 0) is 6.42 Å². The molecule has 23 heavy (non-hydrogen) atoms. The molecule has 0 saturated heterocycles. The van der Waals surface area contributed by atoms with Gasteiger partial charge in [-0.1, -0.05) is 56.2 Å². The van der Waals surface area contributed by atoms with Gasteiger partial charge in [-0.25, -0.2) is 0 Å². The van der Waals surface area contributed by atoms with Crippen LogP contribution in [0.3, 0.4) is 0 Å². The number of aryl methyl sites for hydroxylation is 1. The van der Waals surface area contributed by atoms with E-state index in [-0.39, 0.29) is 5.75 Å². The van der Waals surface area contributed by atoms with Gasteiger partial charge in [-0.15, -0.1) is 0 Å². The molecule has 0 amide bonds. The number of benzene rings is 2. The smallest absolute Gasteiger partial charge is 0.422 e. The first-order chi connectivity index (χ1) is 11.0. The summed E-state index contributed by atoms with van der Waals surface area (Å²) >= 11 is 0. The van der Waals surface area contributed by atoms with Crippen molar-refractivity contribution in [3.63, 3.8) is 0 Å². The largest absolute Gasteiger partial charge is 0.484 e. The molecule has 0 spiro atoms. The summed E-state index contributed by atoms with van der Waals surface area (Å²) in [4.78, 5) is 0. The van der Waals surface area contributed by atoms with Crippen molar-refractivity contribution in [3.8, 4) is 16.9 Å². The summed E-state index contributed by atoms with van der Waals surface area (Å²) < 4.78 is 41.0. The highest BCUT2D eigenvalue weighted by atomic mass is 19.4. The Morgan fingerprint density at radius 1 is 0.826 bits per heavy atom. The number of hydrogen-bond donors (Lipinski definition) is 0. The Kier molecular flexibility index (Phi) is 6.08. The van der Waals surface area contributed by atoms with Gasteiger partial charge in [0.1, 0.15) is 5.75 Å². The monoisotopic (exact) mass is 322 g/mol. The van der Waals surface area contributed by atoms with Crippen LogP contribution in [0.2, 0.25) is 0 Å². The molecule has 0 N–H and O–H groups in total. The number of rotatable bonds is 7. The molecule has 0 bridgehead atoms. The van der Waals surface area contributed by atoms with Crippen LogP contribution in [0, 0.1) is 0 Å². The molecule has 2 aromatic carbocycles. The number of halogens is 3. The van der Waals surface area contributed by atoms with Crippen molar-refractivity contribution in [2.75, 3.05) is 6.61 Å². The molecule has 0 aliphatic rings. The predicted molar refractivity (Wildman–Crippen MR) is 86.7 cm³/mol. The highest BCUT2D eigenvalue weighted by Gasteiger charge is 2.28. The summed E-state index contributed by atoms with van der Waals surface area (Å²) in [7, 11) is 0. The lowest BCUT2D eigenvalue weighted by atomic mass is 10.0. The van der Waals surface area contributed by atoms with Crippen LogP contribution in [-0.4, -0.2) is 12.8 Å². The molecule has 124 valence electrons. The van der Waals surface area contributed by atoms with E-state index >= 15 is 0 Å². The first kappa shape index (κ1) is 17.4. The Morgan fingerprint density at radius 2 is 1.39 bits per heavy atom. The van der Waals surface area contributed by atoms with Crippen LogP contribution >= 0.6 is 0 Å². The second-order valence-electron chi connectivity index (χ2n) is 5.58. The molecular formula is C19H21F3O. The fourth-order valence-electron chi connectivity index (χ4n) is 2.35. The highest BCUT2D eigenvalue weighted by Crippen LogP contribution is 2.24. The Hall–Kier alpha value is -1.97. The highest BCUT2D eigenvalue weighted by molar-refractivity contribution is 5.64. The molecule has 4 heteroatoms. The second-order valence-corrected chi connectivity index (χ2v) is 5.58. The molecule has 0 aliphatic carbocycles. The molecule has 0 atom stereocenters. The molecule has 0 fully saturated rings. The topological polar surface area (TPSA) is 9.23 Å². The minimum Gasteiger partial charge on any atom is -0.484 e. The molecule has 0 saturated carbocycles. The van der Waals surface area contributed by atoms with Crippen molar-refractivity contribution in [2.45, 2.75) is 38.8 Å². The average molecular weight is 322 g/mol. The van der Waals surface area contributed by atoms with E-state index < -0.39 is 12.8 Å². The predicted octanol–water partition coefficient (Wildman–Crippen LogP) is 6.03. The maximum absolute atomic E-state index is 12.1. The van der Waals surface area contributed by atoms with Crippen molar-refractivity contribution < 1.29 is 17.9 Å². The van der Waals surface area contributed by atoms with Gasteiger partial charge in [0.2, 0.25) is 0 Å². The lowest BCUT2D eigenvalue weighted by Crippen LogP contribution is -2.19. The minimum atomic E-state index is -4.31. The SMILES string of the molecule is CCCCCc1ccc(-c2ccc(OCC(F)(F)F)cc2)cc1. The van der Waals surface area contributed by atoms with Gasteiger partial charge in [0.25, 0.3) is 0 Å². The molecular weight excluding hydrogens is 301 g/mol. The van der Waals surface area contributed by atoms with Gasteiger partial charge in [-0.2, -0.15) is 13.2 Å². The van der Waals surface area contributed by atoms with Gasteiger partial charge < -0.3 is 4.74 Å². The van der Waals surface area contributed by atoms with E-state index in [2.05, 4.69) is 19.1 Å². The normalized spacial score (nSPS) is 11.5. The first-order valence-corrected chi connectivity index (χ1v) is 7.87.